The average Bonchev–Trinajstić information content (AvgIpc) is 2.97. The van der Waals surface area contributed by atoms with Crippen LogP contribution in [0.4, 0.5) is 4.79 Å². The average molecular weight is 272 g/mol. The molecular weight excluding hydrogens is 260 g/mol. The van der Waals surface area contributed by atoms with Gasteiger partial charge in [-0.15, -0.1) is 0 Å². The van der Waals surface area contributed by atoms with Crippen molar-refractivity contribution in [3.63, 3.8) is 0 Å². The fourth-order valence-electron chi connectivity index (χ4n) is 1.82. The lowest BCUT2D eigenvalue weighted by Gasteiger charge is -2.01. The number of nitrogens with one attached hydrogen (secondary N) is 2. The molecule has 2 heterocycles. The molecule has 2 N–H and O–H groups in total. The minimum absolute atomic E-state index is 0.0925. The third kappa shape index (κ3) is 2.75. The van der Waals surface area contributed by atoms with Gasteiger partial charge in [-0.05, 0) is 12.1 Å². The molecule has 1 atom stereocenters. The van der Waals surface area contributed by atoms with Gasteiger partial charge in [0.15, 0.2) is 6.04 Å². The number of carbonyl (C=O) groups is 2. The molecule has 1 aromatic rings. The Morgan fingerprint density at radius 2 is 2.35 bits per heavy atom. The highest BCUT2D eigenvalue weighted by Gasteiger charge is 2.33. The first-order chi connectivity index (χ1) is 9.65. The highest BCUT2D eigenvalue weighted by molar-refractivity contribution is 6.04. The first-order valence-corrected chi connectivity index (χ1v) is 5.87. The van der Waals surface area contributed by atoms with Gasteiger partial charge in [-0.25, -0.2) is 4.79 Å². The number of furan rings is 1. The number of hydrogen-bond acceptors (Lipinski definition) is 5. The van der Waals surface area contributed by atoms with Gasteiger partial charge >= 0.3 is 6.03 Å². The van der Waals surface area contributed by atoms with Crippen LogP contribution in [0.5, 0.6) is 0 Å². The maximum Gasteiger partial charge on any atom is 0.322 e. The van der Waals surface area contributed by atoms with E-state index in [9.17, 15) is 9.59 Å². The summed E-state index contributed by atoms with van der Waals surface area (Å²) in [4.78, 5) is 26.5. The molecule has 0 saturated carbocycles. The lowest BCUT2D eigenvalue weighted by molar-refractivity contribution is -0.120. The van der Waals surface area contributed by atoms with Crippen LogP contribution >= 0.6 is 0 Å². The quantitative estimate of drug-likeness (QED) is 0.472. The van der Waals surface area contributed by atoms with E-state index < -0.39 is 18.0 Å². The summed E-state index contributed by atoms with van der Waals surface area (Å²) in [5.41, 5.74) is 0.783. The number of hydrogen-bond donors (Lipinski definition) is 2. The van der Waals surface area contributed by atoms with Gasteiger partial charge in [-0.1, -0.05) is 6.58 Å². The van der Waals surface area contributed by atoms with Gasteiger partial charge in [0.05, 0.1) is 6.07 Å². The molecule has 1 saturated heterocycles. The summed E-state index contributed by atoms with van der Waals surface area (Å²) in [7, 11) is 0. The summed E-state index contributed by atoms with van der Waals surface area (Å²) < 4.78 is 5.50. The molecule has 20 heavy (non-hydrogen) atoms. The molecule has 7 nitrogen and oxygen atoms in total. The molecule has 1 unspecified atom stereocenters. The Kier molecular flexibility index (Phi) is 3.96. The van der Waals surface area contributed by atoms with Crippen molar-refractivity contribution in [3.05, 3.63) is 29.7 Å². The zero-order chi connectivity index (χ0) is 14.5. The van der Waals surface area contributed by atoms with Gasteiger partial charge in [-0.2, -0.15) is 5.26 Å². The molecule has 102 valence electrons. The number of urea groups is 1. The smallest absolute Gasteiger partial charge is 0.322 e. The predicted octanol–water partition coefficient (Wildman–Crippen LogP) is 0.940. The number of carbonyl (C=O) groups excluding carboxylic acids is 2. The van der Waals surface area contributed by atoms with Crippen molar-refractivity contribution in [1.82, 2.24) is 10.6 Å². The van der Waals surface area contributed by atoms with E-state index in [1.807, 2.05) is 6.07 Å². The van der Waals surface area contributed by atoms with Crippen LogP contribution in [-0.2, 0) is 11.2 Å². The Labute approximate surface area is 115 Å². The lowest BCUT2D eigenvalue weighted by Crippen LogP contribution is -2.22. The molecular formula is C13H12N4O3. The summed E-state index contributed by atoms with van der Waals surface area (Å²) in [6, 6.07) is 2.20. The third-order valence-electron chi connectivity index (χ3n) is 2.71. The van der Waals surface area contributed by atoms with E-state index in [0.29, 0.717) is 17.9 Å². The predicted molar refractivity (Wildman–Crippen MR) is 70.9 cm³/mol. The van der Waals surface area contributed by atoms with Crippen molar-refractivity contribution in [3.8, 4) is 6.07 Å². The van der Waals surface area contributed by atoms with E-state index >= 15 is 0 Å². The molecule has 1 aliphatic rings. The van der Waals surface area contributed by atoms with Gasteiger partial charge in [-0.3, -0.25) is 15.1 Å². The van der Waals surface area contributed by atoms with Gasteiger partial charge < -0.3 is 9.73 Å². The minimum Gasteiger partial charge on any atom is -0.459 e. The Hall–Kier alpha value is -2.88. The molecule has 1 fully saturated rings. The van der Waals surface area contributed by atoms with Crippen molar-refractivity contribution in [1.29, 1.82) is 5.26 Å². The molecule has 0 aliphatic carbocycles. The molecule has 0 bridgehead atoms. The highest BCUT2D eigenvalue weighted by Crippen LogP contribution is 2.24. The molecule has 1 aromatic heterocycles. The standard InChI is InChI=1S/C13H12N4O3/c1-2-9-8(3-5-15-6-4-14)7-10(20-9)11-12(18)17-13(19)16-11/h2,5,7,11H,1,3,6H2,(H2,16,17,18,19). The Balaban J connectivity index is 2.18. The van der Waals surface area contributed by atoms with Gasteiger partial charge in [0.2, 0.25) is 0 Å². The van der Waals surface area contributed by atoms with E-state index in [0.717, 1.165) is 5.56 Å². The molecule has 7 heteroatoms. The maximum absolute atomic E-state index is 11.6. The molecule has 0 radical (unpaired) electrons. The number of aliphatic imine (C=N–C) groups is 1. The van der Waals surface area contributed by atoms with Crippen molar-refractivity contribution >= 4 is 24.2 Å². The van der Waals surface area contributed by atoms with E-state index in [1.54, 1.807) is 12.3 Å². The van der Waals surface area contributed by atoms with E-state index in [4.69, 9.17) is 9.68 Å². The molecule has 0 aromatic carbocycles. The van der Waals surface area contributed by atoms with Crippen molar-refractivity contribution in [2.24, 2.45) is 4.99 Å². The molecule has 1 aliphatic heterocycles. The van der Waals surface area contributed by atoms with E-state index in [-0.39, 0.29) is 6.54 Å². The zero-order valence-corrected chi connectivity index (χ0v) is 10.5. The number of rotatable bonds is 5. The van der Waals surface area contributed by atoms with Crippen LogP contribution in [0.1, 0.15) is 23.1 Å². The largest absolute Gasteiger partial charge is 0.459 e. The van der Waals surface area contributed by atoms with Crippen LogP contribution in [0.2, 0.25) is 0 Å². The molecule has 2 rings (SSSR count). The number of nitriles is 1. The van der Waals surface area contributed by atoms with Gasteiger partial charge in [0.25, 0.3) is 5.91 Å². The Morgan fingerprint density at radius 3 is 2.95 bits per heavy atom. The summed E-state index contributed by atoms with van der Waals surface area (Å²) in [5.74, 6) is 0.397. The fourth-order valence-corrected chi connectivity index (χ4v) is 1.82. The SMILES string of the molecule is C=Cc1oc(C2NC(=O)NC2=O)cc1CC=NCC#N. The number of imide groups is 1. The second-order valence-corrected chi connectivity index (χ2v) is 4.02. The zero-order valence-electron chi connectivity index (χ0n) is 10.5. The fraction of sp³-hybridized carbons (Fsp3) is 0.231. The summed E-state index contributed by atoms with van der Waals surface area (Å²) >= 11 is 0. The van der Waals surface area contributed by atoms with Crippen LogP contribution in [0.25, 0.3) is 6.08 Å². The lowest BCUT2D eigenvalue weighted by atomic mass is 10.1. The number of amides is 3. The highest BCUT2D eigenvalue weighted by atomic mass is 16.3. The summed E-state index contributed by atoms with van der Waals surface area (Å²) in [5, 5.41) is 13.0. The normalized spacial score (nSPS) is 17.9. The molecule has 3 amide bonds. The van der Waals surface area contributed by atoms with Crippen molar-refractivity contribution in [2.75, 3.05) is 6.54 Å². The van der Waals surface area contributed by atoms with E-state index in [2.05, 4.69) is 22.2 Å². The minimum atomic E-state index is -0.828. The number of nitrogens with zero attached hydrogens (tertiary/aromatic N) is 2. The van der Waals surface area contributed by atoms with Gasteiger partial charge in [0, 0.05) is 18.2 Å². The topological polar surface area (TPSA) is 107 Å². The van der Waals surface area contributed by atoms with Crippen molar-refractivity contribution < 1.29 is 14.0 Å². The second kappa shape index (κ2) is 5.84. The summed E-state index contributed by atoms with van der Waals surface area (Å²) in [6.07, 6.45) is 3.57. The molecule has 0 spiro atoms. The van der Waals surface area contributed by atoms with Crippen LogP contribution in [-0.4, -0.2) is 24.7 Å². The van der Waals surface area contributed by atoms with E-state index in [1.165, 1.54) is 6.08 Å². The maximum atomic E-state index is 11.6. The Morgan fingerprint density at radius 1 is 1.55 bits per heavy atom. The van der Waals surface area contributed by atoms with Crippen LogP contribution in [0.15, 0.2) is 22.1 Å². The first-order valence-electron chi connectivity index (χ1n) is 5.87. The summed E-state index contributed by atoms with van der Waals surface area (Å²) in [6.45, 7) is 3.72. The Bertz CT molecular complexity index is 624. The van der Waals surface area contributed by atoms with Crippen molar-refractivity contribution in [2.45, 2.75) is 12.5 Å². The van der Waals surface area contributed by atoms with Crippen LogP contribution < -0.4 is 10.6 Å². The van der Waals surface area contributed by atoms with Crippen LogP contribution in [0, 0.1) is 11.3 Å². The van der Waals surface area contributed by atoms with Crippen LogP contribution in [0.3, 0.4) is 0 Å². The first kappa shape index (κ1) is 13.5. The second-order valence-electron chi connectivity index (χ2n) is 4.02. The third-order valence-corrected chi connectivity index (χ3v) is 2.71. The monoisotopic (exact) mass is 272 g/mol. The van der Waals surface area contributed by atoms with Gasteiger partial charge in [0.1, 0.15) is 18.1 Å².